The SMILES string of the molecule is NC(=O)c1cc(-c2cccs2)cc2c(C3CCCS(=O)(=O)C3)c[nH]c12. The predicted molar refractivity (Wildman–Crippen MR) is 101 cm³/mol. The van der Waals surface area contributed by atoms with Crippen LogP contribution in [0.2, 0.25) is 0 Å². The van der Waals surface area contributed by atoms with Crippen LogP contribution in [0.4, 0.5) is 0 Å². The van der Waals surface area contributed by atoms with Crippen LogP contribution in [-0.4, -0.2) is 30.8 Å². The van der Waals surface area contributed by atoms with Crippen molar-refractivity contribution < 1.29 is 13.2 Å². The second kappa shape index (κ2) is 6.00. The number of H-pyrrole nitrogens is 1. The number of benzene rings is 1. The number of nitrogens with one attached hydrogen (secondary N) is 1. The Morgan fingerprint density at radius 2 is 2.16 bits per heavy atom. The van der Waals surface area contributed by atoms with Gasteiger partial charge in [0.1, 0.15) is 0 Å². The van der Waals surface area contributed by atoms with Gasteiger partial charge in [-0.2, -0.15) is 0 Å². The van der Waals surface area contributed by atoms with Crippen molar-refractivity contribution >= 4 is 38.0 Å². The van der Waals surface area contributed by atoms with Crippen molar-refractivity contribution in [2.45, 2.75) is 18.8 Å². The Morgan fingerprint density at radius 1 is 1.32 bits per heavy atom. The first-order valence-electron chi connectivity index (χ1n) is 8.14. The number of nitrogens with two attached hydrogens (primary N) is 1. The molecule has 1 fully saturated rings. The maximum absolute atomic E-state index is 12.0. The van der Waals surface area contributed by atoms with Crippen LogP contribution in [0.3, 0.4) is 0 Å². The standard InChI is InChI=1S/C18H18N2O3S2/c19-18(21)14-8-12(16-4-1-5-24-16)7-13-15(9-20-17(13)14)11-3-2-6-25(22,23)10-11/h1,4-5,7-9,11,20H,2-3,6,10H2,(H2,19,21). The minimum absolute atomic E-state index is 0.0492. The van der Waals surface area contributed by atoms with E-state index in [-0.39, 0.29) is 17.4 Å². The minimum Gasteiger partial charge on any atom is -0.366 e. The van der Waals surface area contributed by atoms with E-state index in [1.54, 1.807) is 17.4 Å². The van der Waals surface area contributed by atoms with Gasteiger partial charge in [-0.25, -0.2) is 8.42 Å². The number of primary amides is 1. The van der Waals surface area contributed by atoms with Crippen LogP contribution in [0.25, 0.3) is 21.3 Å². The topological polar surface area (TPSA) is 93.0 Å². The number of carbonyl (C=O) groups excluding carboxylic acids is 1. The third-order valence-corrected chi connectivity index (χ3v) is 7.54. The summed E-state index contributed by atoms with van der Waals surface area (Å²) in [4.78, 5) is 16.1. The van der Waals surface area contributed by atoms with E-state index < -0.39 is 15.7 Å². The lowest BCUT2D eigenvalue weighted by Crippen LogP contribution is -2.23. The molecule has 1 atom stereocenters. The second-order valence-electron chi connectivity index (χ2n) is 6.49. The predicted octanol–water partition coefficient (Wildman–Crippen LogP) is 3.29. The van der Waals surface area contributed by atoms with E-state index in [2.05, 4.69) is 4.98 Å². The van der Waals surface area contributed by atoms with Gasteiger partial charge < -0.3 is 10.7 Å². The number of carbonyl (C=O) groups is 1. The number of hydrogen-bond donors (Lipinski definition) is 2. The van der Waals surface area contributed by atoms with Crippen LogP contribution in [0.15, 0.2) is 35.8 Å². The number of amides is 1. The first-order chi connectivity index (χ1) is 11.9. The normalized spacial score (nSPS) is 19.9. The molecular formula is C18H18N2O3S2. The van der Waals surface area contributed by atoms with Crippen molar-refractivity contribution in [1.82, 2.24) is 4.98 Å². The van der Waals surface area contributed by atoms with Crippen LogP contribution in [0.1, 0.15) is 34.7 Å². The van der Waals surface area contributed by atoms with Gasteiger partial charge in [0.2, 0.25) is 0 Å². The highest BCUT2D eigenvalue weighted by atomic mass is 32.2. The van der Waals surface area contributed by atoms with E-state index in [1.807, 2.05) is 29.8 Å². The molecule has 0 aliphatic carbocycles. The summed E-state index contributed by atoms with van der Waals surface area (Å²) in [5.74, 6) is -0.117. The first-order valence-corrected chi connectivity index (χ1v) is 10.8. The van der Waals surface area contributed by atoms with E-state index in [4.69, 9.17) is 5.73 Å². The highest BCUT2D eigenvalue weighted by Crippen LogP contribution is 2.37. The summed E-state index contributed by atoms with van der Waals surface area (Å²) in [7, 11) is -3.01. The van der Waals surface area contributed by atoms with Crippen LogP contribution < -0.4 is 5.73 Å². The lowest BCUT2D eigenvalue weighted by Gasteiger charge is -2.21. The Kier molecular flexibility index (Phi) is 3.92. The molecule has 130 valence electrons. The highest BCUT2D eigenvalue weighted by molar-refractivity contribution is 7.91. The molecule has 3 N–H and O–H groups in total. The molecule has 2 aromatic heterocycles. The van der Waals surface area contributed by atoms with E-state index in [0.29, 0.717) is 17.5 Å². The van der Waals surface area contributed by atoms with Gasteiger partial charge in [0, 0.05) is 16.5 Å². The molecule has 7 heteroatoms. The fourth-order valence-electron chi connectivity index (χ4n) is 3.64. The van der Waals surface area contributed by atoms with E-state index in [0.717, 1.165) is 27.8 Å². The van der Waals surface area contributed by atoms with Crippen molar-refractivity contribution in [2.24, 2.45) is 5.73 Å². The number of hydrogen-bond acceptors (Lipinski definition) is 4. The smallest absolute Gasteiger partial charge is 0.250 e. The number of thiophene rings is 1. The Morgan fingerprint density at radius 3 is 2.84 bits per heavy atom. The fourth-order valence-corrected chi connectivity index (χ4v) is 6.09. The van der Waals surface area contributed by atoms with Gasteiger partial charge in [-0.3, -0.25) is 4.79 Å². The number of aromatic amines is 1. The summed E-state index contributed by atoms with van der Waals surface area (Å²) in [6.45, 7) is 0. The van der Waals surface area contributed by atoms with Crippen molar-refractivity contribution in [3.8, 4) is 10.4 Å². The van der Waals surface area contributed by atoms with Crippen molar-refractivity contribution in [1.29, 1.82) is 0 Å². The van der Waals surface area contributed by atoms with Gasteiger partial charge in [-0.15, -0.1) is 11.3 Å². The zero-order chi connectivity index (χ0) is 17.6. The largest absolute Gasteiger partial charge is 0.366 e. The summed E-state index contributed by atoms with van der Waals surface area (Å²) in [6, 6.07) is 7.78. The monoisotopic (exact) mass is 374 g/mol. The lowest BCUT2D eigenvalue weighted by molar-refractivity contribution is 0.100. The molecule has 1 amide bonds. The molecule has 1 aliphatic heterocycles. The van der Waals surface area contributed by atoms with Gasteiger partial charge in [-0.05, 0) is 53.5 Å². The minimum atomic E-state index is -3.01. The Bertz CT molecular complexity index is 1050. The quantitative estimate of drug-likeness (QED) is 0.737. The average molecular weight is 374 g/mol. The molecule has 0 bridgehead atoms. The van der Waals surface area contributed by atoms with E-state index in [9.17, 15) is 13.2 Å². The van der Waals surface area contributed by atoms with Crippen LogP contribution in [0.5, 0.6) is 0 Å². The summed E-state index contributed by atoms with van der Waals surface area (Å²) >= 11 is 1.59. The summed E-state index contributed by atoms with van der Waals surface area (Å²) in [5.41, 5.74) is 8.59. The maximum atomic E-state index is 12.0. The molecule has 5 nitrogen and oxygen atoms in total. The summed E-state index contributed by atoms with van der Waals surface area (Å²) in [6.07, 6.45) is 3.34. The second-order valence-corrected chi connectivity index (χ2v) is 9.66. The zero-order valence-corrected chi connectivity index (χ0v) is 15.1. The third kappa shape index (κ3) is 2.98. The average Bonchev–Trinajstić information content (AvgIpc) is 3.22. The molecule has 0 spiro atoms. The summed E-state index contributed by atoms with van der Waals surface area (Å²) in [5, 5.41) is 2.87. The molecule has 1 unspecified atom stereocenters. The Labute approximate surface area is 149 Å². The van der Waals surface area contributed by atoms with Gasteiger partial charge in [0.25, 0.3) is 5.91 Å². The lowest BCUT2D eigenvalue weighted by atomic mass is 9.93. The van der Waals surface area contributed by atoms with E-state index in [1.165, 1.54) is 0 Å². The zero-order valence-electron chi connectivity index (χ0n) is 13.5. The van der Waals surface area contributed by atoms with Crippen molar-refractivity contribution in [3.63, 3.8) is 0 Å². The van der Waals surface area contributed by atoms with Crippen LogP contribution >= 0.6 is 11.3 Å². The molecule has 0 saturated carbocycles. The molecule has 3 aromatic rings. The number of fused-ring (bicyclic) bond motifs is 1. The fraction of sp³-hybridized carbons (Fsp3) is 0.278. The van der Waals surface area contributed by atoms with Crippen molar-refractivity contribution in [2.75, 3.05) is 11.5 Å². The summed E-state index contributed by atoms with van der Waals surface area (Å²) < 4.78 is 24.1. The Balaban J connectivity index is 1.90. The van der Waals surface area contributed by atoms with Gasteiger partial charge >= 0.3 is 0 Å². The molecule has 0 radical (unpaired) electrons. The molecule has 25 heavy (non-hydrogen) atoms. The van der Waals surface area contributed by atoms with Gasteiger partial charge in [-0.1, -0.05) is 6.07 Å². The molecule has 1 saturated heterocycles. The van der Waals surface area contributed by atoms with Crippen LogP contribution in [-0.2, 0) is 9.84 Å². The third-order valence-electron chi connectivity index (χ3n) is 4.80. The Hall–Kier alpha value is -2.12. The van der Waals surface area contributed by atoms with Crippen molar-refractivity contribution in [3.05, 3.63) is 47.0 Å². The molecule has 1 aliphatic rings. The highest BCUT2D eigenvalue weighted by Gasteiger charge is 2.28. The molecule has 4 rings (SSSR count). The molecular weight excluding hydrogens is 356 g/mol. The first kappa shape index (κ1) is 16.4. The maximum Gasteiger partial charge on any atom is 0.250 e. The van der Waals surface area contributed by atoms with Gasteiger partial charge in [0.15, 0.2) is 9.84 Å². The molecule has 1 aromatic carbocycles. The molecule has 3 heterocycles. The van der Waals surface area contributed by atoms with Gasteiger partial charge in [0.05, 0.1) is 22.6 Å². The number of sulfone groups is 1. The number of aromatic nitrogens is 1. The van der Waals surface area contributed by atoms with E-state index >= 15 is 0 Å². The number of rotatable bonds is 3. The van der Waals surface area contributed by atoms with Crippen LogP contribution in [0, 0.1) is 0 Å².